The molecule has 1 heterocycles. The Labute approximate surface area is 423 Å². The molecule has 0 aromatic rings. The van der Waals surface area contributed by atoms with Crippen LogP contribution in [0, 0.1) is 17.8 Å². The zero-order valence-corrected chi connectivity index (χ0v) is 46.8. The molecule has 1 aliphatic heterocycles. The third-order valence-corrected chi connectivity index (χ3v) is 18.8. The molecule has 7 atom stereocenters. The number of carbonyl (C=O) groups is 7. The maximum atomic E-state index is 13.8. The topological polar surface area (TPSA) is 371 Å². The molecule has 1 aliphatic rings. The van der Waals surface area contributed by atoms with Gasteiger partial charge in [0, 0.05) is 103 Å². The van der Waals surface area contributed by atoms with E-state index in [0.717, 1.165) is 21.3 Å². The van der Waals surface area contributed by atoms with Crippen molar-refractivity contribution in [2.75, 3.05) is 123 Å². The normalized spacial score (nSPS) is 19.7. The molecule has 0 radical (unpaired) electrons. The van der Waals surface area contributed by atoms with Gasteiger partial charge < -0.3 is 55.5 Å². The average molecular weight is 1110 g/mol. The fourth-order valence-electron chi connectivity index (χ4n) is 7.40. The van der Waals surface area contributed by atoms with Gasteiger partial charge in [-0.1, -0.05) is 41.5 Å². The molecule has 9 N–H and O–H groups in total. The van der Waals surface area contributed by atoms with E-state index < -0.39 is 165 Å². The van der Waals surface area contributed by atoms with Gasteiger partial charge in [0.2, 0.25) is 53.1 Å². The number of ether oxygens (including phenoxy) is 3. The average Bonchev–Trinajstić information content (AvgIpc) is 3.28. The summed E-state index contributed by atoms with van der Waals surface area (Å²) in [4.78, 5) is 138. The van der Waals surface area contributed by atoms with E-state index in [9.17, 15) is 71.4 Å². The van der Waals surface area contributed by atoms with Crippen LogP contribution in [0.15, 0.2) is 0 Å². The molecular weight excluding hydrogens is 1030 g/mol. The number of hydrogen-bond donors (Lipinski definition) is 8. The van der Waals surface area contributed by atoms with Gasteiger partial charge in [-0.3, -0.25) is 57.0 Å². The highest BCUT2D eigenvalue weighted by Gasteiger charge is 2.34. The number of methoxy groups -OCH3 is 3. The largest absolute Gasteiger partial charge is 0.467 e. The van der Waals surface area contributed by atoms with Gasteiger partial charge in [-0.2, -0.15) is 0 Å². The minimum absolute atomic E-state index is 0.0324. The Hall–Kier alpha value is -3.11. The predicted molar refractivity (Wildman–Crippen MR) is 269 cm³/mol. The Morgan fingerprint density at radius 1 is 0.431 bits per heavy atom. The van der Waals surface area contributed by atoms with Crippen molar-refractivity contribution >= 4 is 71.0 Å². The Bertz CT molecular complexity index is 1930. The summed E-state index contributed by atoms with van der Waals surface area (Å²) in [6.07, 6.45) is -5.63. The minimum atomic E-state index is -4.21. The van der Waals surface area contributed by atoms with Crippen LogP contribution in [-0.2, 0) is 66.0 Å². The van der Waals surface area contributed by atoms with E-state index in [-0.39, 0.29) is 70.1 Å². The van der Waals surface area contributed by atoms with Crippen molar-refractivity contribution in [2.24, 2.45) is 23.5 Å². The van der Waals surface area contributed by atoms with Gasteiger partial charge in [0.25, 0.3) is 0 Å². The molecule has 0 aromatic heterocycles. The maximum absolute atomic E-state index is 13.8. The molecule has 0 aromatic carbocycles. The lowest BCUT2D eigenvalue weighted by atomic mass is 10.0. The van der Waals surface area contributed by atoms with E-state index in [4.69, 9.17) is 19.9 Å². The highest BCUT2D eigenvalue weighted by atomic mass is 31.2. The van der Waals surface area contributed by atoms with Gasteiger partial charge in [0.1, 0.15) is 18.1 Å². The van der Waals surface area contributed by atoms with Crippen molar-refractivity contribution in [2.45, 2.75) is 85.4 Å². The Balaban J connectivity index is 3.59. The van der Waals surface area contributed by atoms with E-state index >= 15 is 0 Å². The quantitative estimate of drug-likeness (QED) is 0.0280. The molecule has 1 fully saturated rings. The van der Waals surface area contributed by atoms with E-state index in [1.54, 1.807) is 61.1 Å². The first kappa shape index (κ1) is 66.9. The van der Waals surface area contributed by atoms with Crippen LogP contribution in [0.3, 0.4) is 0 Å². The molecule has 72 heavy (non-hydrogen) atoms. The highest BCUT2D eigenvalue weighted by Crippen LogP contribution is 2.45. The summed E-state index contributed by atoms with van der Waals surface area (Å²) in [6.45, 7) is 9.75. The molecule has 26 nitrogen and oxygen atoms in total. The van der Waals surface area contributed by atoms with E-state index in [1.807, 2.05) is 0 Å². The number of primary amides is 1. The fraction of sp³-hybridized carbons (Fsp3) is 0.833. The van der Waals surface area contributed by atoms with Crippen LogP contribution in [0.1, 0.15) is 67.2 Å². The summed E-state index contributed by atoms with van der Waals surface area (Å²) in [5, 5.41) is 7.59. The second-order valence-electron chi connectivity index (χ2n) is 19.2. The number of carbonyl (C=O) groups excluding carboxylic acids is 7. The molecule has 4 amide bonds. The van der Waals surface area contributed by atoms with Crippen LogP contribution < -0.4 is 21.7 Å². The lowest BCUT2D eigenvalue weighted by Gasteiger charge is -2.36. The summed E-state index contributed by atoms with van der Waals surface area (Å²) in [7, 11) is -13.2. The molecule has 30 heteroatoms. The zero-order valence-electron chi connectivity index (χ0n) is 43.3. The molecule has 1 rings (SSSR count). The van der Waals surface area contributed by atoms with Gasteiger partial charge >= 0.3 is 17.9 Å². The van der Waals surface area contributed by atoms with Gasteiger partial charge in [-0.05, 0) is 17.8 Å². The van der Waals surface area contributed by atoms with Crippen molar-refractivity contribution in [3.63, 3.8) is 0 Å². The standard InChI is InChI=1S/C42H82N8O18P4/c1-30(2)37(40(55)66-7)44-34(52)11-23-70(60,61)27-48-16-14-47(26-69(58,59)22-10-33(43)51)15-17-49(28-71(62,63)24-12-35(53)45-38(31(3)4)41(56)67-8)19-21-50(20-18-48)29-72(64,65)25-13-36(54)46-39(32(5)6)42(57)68-9/h30-32,37-39H,10-29H2,1-9H3,(H2,43,51)(H,44,52)(H,45,53)(H,46,54)(H,58,59)(H,60,61)(H,62,63)(H,64,65)/t37-,38?,39?/m1/s1. The Kier molecular flexibility index (Phi) is 29.5. The van der Waals surface area contributed by atoms with Crippen molar-refractivity contribution < 1.29 is 85.6 Å². The van der Waals surface area contributed by atoms with Crippen LogP contribution in [0.25, 0.3) is 0 Å². The summed E-state index contributed by atoms with van der Waals surface area (Å²) >= 11 is 0. The van der Waals surface area contributed by atoms with Crippen LogP contribution in [-0.4, -0.2) is 222 Å². The molecule has 0 spiro atoms. The number of amides is 4. The van der Waals surface area contributed by atoms with Crippen LogP contribution in [0.5, 0.6) is 0 Å². The monoisotopic (exact) mass is 1110 g/mol. The van der Waals surface area contributed by atoms with Crippen molar-refractivity contribution in [1.82, 2.24) is 35.6 Å². The summed E-state index contributed by atoms with van der Waals surface area (Å²) in [6, 6.07) is -3.02. The molecular formula is C42H82N8O18P4. The van der Waals surface area contributed by atoms with Crippen LogP contribution >= 0.6 is 29.5 Å². The fourth-order valence-corrected chi connectivity index (χ4v) is 13.8. The van der Waals surface area contributed by atoms with E-state index in [0.29, 0.717) is 0 Å². The Morgan fingerprint density at radius 3 is 0.792 bits per heavy atom. The third kappa shape index (κ3) is 27.4. The third-order valence-electron chi connectivity index (χ3n) is 11.7. The smallest absolute Gasteiger partial charge is 0.328 e. The van der Waals surface area contributed by atoms with Gasteiger partial charge in [0.05, 0.1) is 46.5 Å². The number of nitrogens with zero attached hydrogens (tertiary/aromatic N) is 4. The maximum Gasteiger partial charge on any atom is 0.328 e. The second-order valence-corrected chi connectivity index (χ2v) is 28.9. The van der Waals surface area contributed by atoms with Crippen molar-refractivity contribution in [3.8, 4) is 0 Å². The first-order valence-corrected chi connectivity index (χ1v) is 31.9. The van der Waals surface area contributed by atoms with Gasteiger partial charge in [-0.25, -0.2) is 14.4 Å². The zero-order chi connectivity index (χ0) is 55.2. The van der Waals surface area contributed by atoms with Crippen molar-refractivity contribution in [1.29, 1.82) is 0 Å². The SMILES string of the molecule is COC(=O)C(NC(=O)CCP(=O)(O)CN1CCN(CP(=O)(O)CCC(N)=O)CCN(CP(=O)(O)CCC(=O)N[C@@H](C(=O)OC)C(C)C)CCN(CP(=O)(O)CCC(=O)NC(C(=O)OC)C(C)C)CC1)C(C)C. The van der Waals surface area contributed by atoms with E-state index in [2.05, 4.69) is 16.0 Å². The first-order valence-electron chi connectivity index (χ1n) is 23.8. The van der Waals surface area contributed by atoms with Gasteiger partial charge in [-0.15, -0.1) is 0 Å². The number of nitrogens with two attached hydrogens (primary N) is 1. The minimum Gasteiger partial charge on any atom is -0.467 e. The summed E-state index contributed by atoms with van der Waals surface area (Å²) in [5.74, 6) is -5.98. The lowest BCUT2D eigenvalue weighted by Crippen LogP contribution is -2.47. The van der Waals surface area contributed by atoms with Crippen LogP contribution in [0.2, 0.25) is 0 Å². The molecule has 1 saturated heterocycles. The Morgan fingerprint density at radius 2 is 0.625 bits per heavy atom. The molecule has 418 valence electrons. The molecule has 6 unspecified atom stereocenters. The van der Waals surface area contributed by atoms with E-state index in [1.165, 1.54) is 0 Å². The number of esters is 3. The molecule has 0 aliphatic carbocycles. The van der Waals surface area contributed by atoms with Crippen molar-refractivity contribution in [3.05, 3.63) is 0 Å². The summed E-state index contributed by atoms with van der Waals surface area (Å²) in [5.41, 5.74) is 5.26. The first-order chi connectivity index (χ1) is 33.2. The summed E-state index contributed by atoms with van der Waals surface area (Å²) < 4.78 is 69.2. The van der Waals surface area contributed by atoms with Crippen LogP contribution in [0.4, 0.5) is 0 Å². The highest BCUT2D eigenvalue weighted by molar-refractivity contribution is 7.58. The lowest BCUT2D eigenvalue weighted by molar-refractivity contribution is -0.146. The molecule has 0 bridgehead atoms. The second kappa shape index (κ2) is 31.7. The molecule has 0 saturated carbocycles. The number of hydrogen-bond acceptors (Lipinski definition) is 18. The number of rotatable bonds is 29. The number of nitrogens with one attached hydrogen (secondary N) is 3. The predicted octanol–water partition coefficient (Wildman–Crippen LogP) is 0.107. The van der Waals surface area contributed by atoms with Gasteiger partial charge in [0.15, 0.2) is 0 Å².